The van der Waals surface area contributed by atoms with Gasteiger partial charge in [0.2, 0.25) is 5.76 Å². The molecule has 34 heavy (non-hydrogen) atoms. The third kappa shape index (κ3) is 3.65. The number of halogens is 1. The second kappa shape index (κ2) is 8.45. The number of nitrogens with zero attached hydrogens (tertiary/aromatic N) is 1. The Morgan fingerprint density at radius 3 is 2.53 bits per heavy atom. The van der Waals surface area contributed by atoms with Crippen molar-refractivity contribution in [3.05, 3.63) is 110 Å². The molecule has 3 aromatic carbocycles. The first-order chi connectivity index (χ1) is 16.4. The molecule has 1 unspecified atom stereocenters. The van der Waals surface area contributed by atoms with E-state index in [0.717, 1.165) is 22.3 Å². The molecule has 0 N–H and O–H groups in total. The molecule has 6 heteroatoms. The summed E-state index contributed by atoms with van der Waals surface area (Å²) < 4.78 is 25.3. The Kier molecular flexibility index (Phi) is 5.44. The number of carbonyl (C=O) groups excluding carboxylic acids is 1. The van der Waals surface area contributed by atoms with E-state index in [1.807, 2.05) is 51.1 Å². The molecule has 1 aliphatic rings. The lowest BCUT2D eigenvalue weighted by Crippen LogP contribution is -2.29. The SMILES string of the molecule is CCOc1cccc(C2c3c(oc4c(C)cc(C)cc4c3=O)C(=O)N2Cc2ccc(F)cc2)c1. The summed E-state index contributed by atoms with van der Waals surface area (Å²) in [6.45, 7) is 6.37. The van der Waals surface area contributed by atoms with Crippen molar-refractivity contribution in [2.45, 2.75) is 33.4 Å². The molecule has 1 amide bonds. The van der Waals surface area contributed by atoms with Crippen LogP contribution in [-0.4, -0.2) is 17.4 Å². The highest BCUT2D eigenvalue weighted by Crippen LogP contribution is 2.40. The van der Waals surface area contributed by atoms with Gasteiger partial charge in [-0.2, -0.15) is 0 Å². The summed E-state index contributed by atoms with van der Waals surface area (Å²) in [7, 11) is 0. The predicted octanol–water partition coefficient (Wildman–Crippen LogP) is 5.69. The van der Waals surface area contributed by atoms with E-state index in [0.29, 0.717) is 28.9 Å². The van der Waals surface area contributed by atoms with E-state index >= 15 is 0 Å². The van der Waals surface area contributed by atoms with Crippen molar-refractivity contribution in [3.8, 4) is 5.75 Å². The van der Waals surface area contributed by atoms with E-state index in [9.17, 15) is 14.0 Å². The Labute approximate surface area is 196 Å². The van der Waals surface area contributed by atoms with E-state index in [-0.39, 0.29) is 29.5 Å². The summed E-state index contributed by atoms with van der Waals surface area (Å²) in [5.74, 6) is -0.0160. The van der Waals surface area contributed by atoms with Crippen LogP contribution in [0.25, 0.3) is 11.0 Å². The monoisotopic (exact) mass is 457 g/mol. The zero-order valence-corrected chi connectivity index (χ0v) is 19.2. The molecule has 1 atom stereocenters. The summed E-state index contributed by atoms with van der Waals surface area (Å²) in [6, 6.07) is 16.5. The first-order valence-electron chi connectivity index (χ1n) is 11.2. The average molecular weight is 458 g/mol. The number of carbonyl (C=O) groups is 1. The summed E-state index contributed by atoms with van der Waals surface area (Å²) in [5, 5.41) is 0.457. The van der Waals surface area contributed by atoms with Gasteiger partial charge in [0.1, 0.15) is 17.1 Å². The number of aryl methyl sites for hydroxylation is 2. The average Bonchev–Trinajstić information content (AvgIpc) is 3.08. The zero-order valence-electron chi connectivity index (χ0n) is 19.2. The van der Waals surface area contributed by atoms with Gasteiger partial charge >= 0.3 is 0 Å². The van der Waals surface area contributed by atoms with Gasteiger partial charge in [-0.05, 0) is 73.4 Å². The van der Waals surface area contributed by atoms with Gasteiger partial charge in [0.15, 0.2) is 5.43 Å². The smallest absolute Gasteiger partial charge is 0.291 e. The van der Waals surface area contributed by atoms with E-state index in [4.69, 9.17) is 9.15 Å². The first kappa shape index (κ1) is 21.9. The van der Waals surface area contributed by atoms with Crippen LogP contribution < -0.4 is 10.2 Å². The lowest BCUT2D eigenvalue weighted by Gasteiger charge is -2.25. The van der Waals surface area contributed by atoms with Crippen LogP contribution in [0.15, 0.2) is 69.9 Å². The number of rotatable bonds is 5. The van der Waals surface area contributed by atoms with Crippen LogP contribution >= 0.6 is 0 Å². The van der Waals surface area contributed by atoms with Gasteiger partial charge in [0.05, 0.1) is 23.6 Å². The van der Waals surface area contributed by atoms with E-state index in [1.54, 1.807) is 23.1 Å². The fourth-order valence-electron chi connectivity index (χ4n) is 4.71. The van der Waals surface area contributed by atoms with Crippen molar-refractivity contribution in [2.75, 3.05) is 6.61 Å². The maximum Gasteiger partial charge on any atom is 0.291 e. The Morgan fingerprint density at radius 2 is 1.79 bits per heavy atom. The first-order valence-corrected chi connectivity index (χ1v) is 11.2. The van der Waals surface area contributed by atoms with Crippen LogP contribution in [0.1, 0.15) is 51.3 Å². The standard InChI is InChI=1S/C28H24FNO4/c1-4-33-21-7-5-6-19(14-21)24-23-25(31)22-13-16(2)12-17(3)26(22)34-27(23)28(32)30(24)15-18-8-10-20(29)11-9-18/h5-14,24H,4,15H2,1-3H3. The highest BCUT2D eigenvalue weighted by Gasteiger charge is 2.43. The van der Waals surface area contributed by atoms with Crippen LogP contribution in [0.4, 0.5) is 4.39 Å². The van der Waals surface area contributed by atoms with E-state index in [2.05, 4.69) is 0 Å². The molecule has 1 aliphatic heterocycles. The Bertz CT molecular complexity index is 1470. The van der Waals surface area contributed by atoms with Crippen molar-refractivity contribution in [1.29, 1.82) is 0 Å². The molecule has 0 radical (unpaired) electrons. The third-order valence-corrected chi connectivity index (χ3v) is 6.15. The topological polar surface area (TPSA) is 59.8 Å². The highest BCUT2D eigenvalue weighted by molar-refractivity contribution is 5.99. The largest absolute Gasteiger partial charge is 0.494 e. The molecule has 0 bridgehead atoms. The molecule has 0 saturated carbocycles. The Balaban J connectivity index is 1.73. The van der Waals surface area contributed by atoms with Crippen molar-refractivity contribution in [3.63, 3.8) is 0 Å². The zero-order chi connectivity index (χ0) is 24.0. The summed E-state index contributed by atoms with van der Waals surface area (Å²) >= 11 is 0. The molecular formula is C28H24FNO4. The molecule has 0 saturated heterocycles. The van der Waals surface area contributed by atoms with Crippen LogP contribution in [-0.2, 0) is 6.54 Å². The second-order valence-electron chi connectivity index (χ2n) is 8.60. The molecular weight excluding hydrogens is 433 g/mol. The number of benzene rings is 3. The maximum atomic E-state index is 13.8. The third-order valence-electron chi connectivity index (χ3n) is 6.15. The fourth-order valence-corrected chi connectivity index (χ4v) is 4.71. The number of ether oxygens (including phenoxy) is 1. The van der Waals surface area contributed by atoms with Gasteiger partial charge in [0, 0.05) is 6.54 Å². The van der Waals surface area contributed by atoms with Gasteiger partial charge in [0.25, 0.3) is 5.91 Å². The summed E-state index contributed by atoms with van der Waals surface area (Å²) in [5.41, 5.74) is 3.76. The minimum absolute atomic E-state index is 0.0541. The van der Waals surface area contributed by atoms with Crippen LogP contribution in [0, 0.1) is 19.7 Å². The van der Waals surface area contributed by atoms with E-state index in [1.165, 1.54) is 12.1 Å². The molecule has 0 spiro atoms. The predicted molar refractivity (Wildman–Crippen MR) is 128 cm³/mol. The van der Waals surface area contributed by atoms with Gasteiger partial charge < -0.3 is 14.1 Å². The van der Waals surface area contributed by atoms with Crippen molar-refractivity contribution < 1.29 is 18.3 Å². The number of fused-ring (bicyclic) bond motifs is 2. The van der Waals surface area contributed by atoms with Gasteiger partial charge in [-0.15, -0.1) is 0 Å². The normalized spacial score (nSPS) is 15.1. The van der Waals surface area contributed by atoms with Crippen molar-refractivity contribution in [2.24, 2.45) is 0 Å². The maximum absolute atomic E-state index is 13.8. The molecule has 4 aromatic rings. The summed E-state index contributed by atoms with van der Waals surface area (Å²) in [4.78, 5) is 29.0. The van der Waals surface area contributed by atoms with E-state index < -0.39 is 6.04 Å². The van der Waals surface area contributed by atoms with Crippen LogP contribution in [0.3, 0.4) is 0 Å². The molecule has 172 valence electrons. The van der Waals surface area contributed by atoms with Gasteiger partial charge in [-0.25, -0.2) is 4.39 Å². The van der Waals surface area contributed by atoms with Crippen molar-refractivity contribution in [1.82, 2.24) is 4.90 Å². The molecule has 0 aliphatic carbocycles. The van der Waals surface area contributed by atoms with Crippen molar-refractivity contribution >= 4 is 16.9 Å². The Morgan fingerprint density at radius 1 is 1.03 bits per heavy atom. The lowest BCUT2D eigenvalue weighted by atomic mass is 9.97. The lowest BCUT2D eigenvalue weighted by molar-refractivity contribution is 0.0714. The Hall–Kier alpha value is -3.93. The number of amides is 1. The highest BCUT2D eigenvalue weighted by atomic mass is 19.1. The van der Waals surface area contributed by atoms with Gasteiger partial charge in [-0.3, -0.25) is 9.59 Å². The quantitative estimate of drug-likeness (QED) is 0.386. The minimum atomic E-state index is -0.658. The van der Waals surface area contributed by atoms with Crippen LogP contribution in [0.2, 0.25) is 0 Å². The minimum Gasteiger partial charge on any atom is -0.494 e. The van der Waals surface area contributed by atoms with Gasteiger partial charge in [-0.1, -0.05) is 30.3 Å². The molecule has 5 nitrogen and oxygen atoms in total. The number of hydrogen-bond acceptors (Lipinski definition) is 4. The summed E-state index contributed by atoms with van der Waals surface area (Å²) in [6.07, 6.45) is 0. The molecule has 1 aromatic heterocycles. The second-order valence-corrected chi connectivity index (χ2v) is 8.60. The molecule has 5 rings (SSSR count). The molecule has 2 heterocycles. The molecule has 0 fully saturated rings. The fraction of sp³-hybridized carbons (Fsp3) is 0.214. The van der Waals surface area contributed by atoms with Crippen LogP contribution in [0.5, 0.6) is 5.75 Å². The number of hydrogen-bond donors (Lipinski definition) is 0.